The number of rotatable bonds is 18. The van der Waals surface area contributed by atoms with Gasteiger partial charge in [0.2, 0.25) is 11.8 Å². The molecule has 0 bridgehead atoms. The van der Waals surface area contributed by atoms with Crippen molar-refractivity contribution in [3.05, 3.63) is 0 Å². The van der Waals surface area contributed by atoms with Crippen molar-refractivity contribution >= 4 is 34.9 Å². The monoisotopic (exact) mass is 453 g/mol. The molecule has 0 radical (unpaired) electrons. The van der Waals surface area contributed by atoms with E-state index < -0.39 is 12.1 Å². The summed E-state index contributed by atoms with van der Waals surface area (Å²) in [5.74, 6) is -0.740. The summed E-state index contributed by atoms with van der Waals surface area (Å²) >= 11 is 0. The Morgan fingerprint density at radius 2 is 0.875 bits per heavy atom. The fourth-order valence-corrected chi connectivity index (χ4v) is 3.30. The van der Waals surface area contributed by atoms with E-state index in [1.54, 1.807) is 7.05 Å². The molecule has 3 N–H and O–H groups in total. The zero-order valence-electron chi connectivity index (χ0n) is 20.0. The standard InChI is InChI=1S/C23H39N3O6/c1-15(27)6-9-19(24-5)13-22(31)26-21(11-8-17(3)29)14-23(32)25-20(12-18(4)30)10-7-16(2)28/h19-21,24H,6-14H2,1-5H3,(H,25,32)(H,26,31). The maximum atomic E-state index is 12.6. The van der Waals surface area contributed by atoms with E-state index >= 15 is 0 Å². The van der Waals surface area contributed by atoms with Gasteiger partial charge in [0.15, 0.2) is 0 Å². The van der Waals surface area contributed by atoms with Crippen molar-refractivity contribution in [2.75, 3.05) is 7.05 Å². The van der Waals surface area contributed by atoms with Gasteiger partial charge in [-0.3, -0.25) is 14.4 Å². The number of carbonyl (C=O) groups is 6. The summed E-state index contributed by atoms with van der Waals surface area (Å²) in [7, 11) is 1.72. The van der Waals surface area contributed by atoms with Gasteiger partial charge in [-0.1, -0.05) is 0 Å². The van der Waals surface area contributed by atoms with Crippen LogP contribution in [0.25, 0.3) is 0 Å². The molecule has 9 nitrogen and oxygen atoms in total. The third kappa shape index (κ3) is 16.3. The van der Waals surface area contributed by atoms with Crippen LogP contribution in [0.3, 0.4) is 0 Å². The molecule has 0 aromatic rings. The number of hydrogen-bond donors (Lipinski definition) is 3. The van der Waals surface area contributed by atoms with Gasteiger partial charge in [0.25, 0.3) is 0 Å². The maximum Gasteiger partial charge on any atom is 0.222 e. The minimum Gasteiger partial charge on any atom is -0.353 e. The smallest absolute Gasteiger partial charge is 0.222 e. The predicted octanol–water partition coefficient (Wildman–Crippen LogP) is 1.41. The van der Waals surface area contributed by atoms with Crippen molar-refractivity contribution in [2.24, 2.45) is 0 Å². The molecule has 3 unspecified atom stereocenters. The first-order valence-electron chi connectivity index (χ1n) is 11.2. The zero-order chi connectivity index (χ0) is 24.7. The summed E-state index contributed by atoms with van der Waals surface area (Å²) in [4.78, 5) is 70.4. The van der Waals surface area contributed by atoms with E-state index in [9.17, 15) is 28.8 Å². The number of hydrogen-bond acceptors (Lipinski definition) is 7. The lowest BCUT2D eigenvalue weighted by atomic mass is 10.0. The summed E-state index contributed by atoms with van der Waals surface area (Å²) < 4.78 is 0. The van der Waals surface area contributed by atoms with Crippen molar-refractivity contribution in [1.82, 2.24) is 16.0 Å². The van der Waals surface area contributed by atoms with Gasteiger partial charge in [-0.25, -0.2) is 0 Å². The van der Waals surface area contributed by atoms with Gasteiger partial charge in [-0.15, -0.1) is 0 Å². The number of ketones is 4. The highest BCUT2D eigenvalue weighted by molar-refractivity contribution is 5.82. The fourth-order valence-electron chi connectivity index (χ4n) is 3.30. The zero-order valence-corrected chi connectivity index (χ0v) is 20.0. The van der Waals surface area contributed by atoms with Crippen LogP contribution in [0.5, 0.6) is 0 Å². The molecule has 9 heteroatoms. The summed E-state index contributed by atoms with van der Waals surface area (Å²) in [6.45, 7) is 5.82. The van der Waals surface area contributed by atoms with Crippen LogP contribution in [-0.4, -0.2) is 60.1 Å². The number of amides is 2. The van der Waals surface area contributed by atoms with Crippen molar-refractivity contribution in [3.8, 4) is 0 Å². The minimum absolute atomic E-state index is 0.0248. The number of carbonyl (C=O) groups excluding carboxylic acids is 6. The second-order valence-electron chi connectivity index (χ2n) is 8.55. The van der Waals surface area contributed by atoms with Crippen LogP contribution in [0.15, 0.2) is 0 Å². The first-order valence-corrected chi connectivity index (χ1v) is 11.2. The van der Waals surface area contributed by atoms with Crippen LogP contribution >= 0.6 is 0 Å². The largest absolute Gasteiger partial charge is 0.353 e. The van der Waals surface area contributed by atoms with Crippen molar-refractivity contribution in [3.63, 3.8) is 0 Å². The molecule has 3 atom stereocenters. The van der Waals surface area contributed by atoms with Crippen LogP contribution < -0.4 is 16.0 Å². The van der Waals surface area contributed by atoms with E-state index in [2.05, 4.69) is 16.0 Å². The molecule has 0 saturated heterocycles. The van der Waals surface area contributed by atoms with Crippen molar-refractivity contribution in [1.29, 1.82) is 0 Å². The maximum absolute atomic E-state index is 12.6. The molecule has 0 saturated carbocycles. The van der Waals surface area contributed by atoms with E-state index in [4.69, 9.17) is 0 Å². The average Bonchev–Trinajstić information content (AvgIpc) is 2.66. The van der Waals surface area contributed by atoms with Gasteiger partial charge in [-0.2, -0.15) is 0 Å². The van der Waals surface area contributed by atoms with Gasteiger partial charge in [0.05, 0.1) is 0 Å². The van der Waals surface area contributed by atoms with Crippen molar-refractivity contribution in [2.45, 2.75) is 104 Å². The Kier molecular flexibility index (Phi) is 15.0. The second-order valence-corrected chi connectivity index (χ2v) is 8.55. The van der Waals surface area contributed by atoms with Gasteiger partial charge < -0.3 is 30.3 Å². The fraction of sp³-hybridized carbons (Fsp3) is 0.739. The molecule has 0 fully saturated rings. The van der Waals surface area contributed by atoms with Gasteiger partial charge in [0.1, 0.15) is 23.1 Å². The van der Waals surface area contributed by atoms with E-state index in [0.29, 0.717) is 25.7 Å². The molecule has 0 spiro atoms. The predicted molar refractivity (Wildman–Crippen MR) is 121 cm³/mol. The third-order valence-electron chi connectivity index (χ3n) is 5.07. The van der Waals surface area contributed by atoms with Crippen LogP contribution in [0.2, 0.25) is 0 Å². The normalized spacial score (nSPS) is 13.5. The Labute approximate surface area is 190 Å². The highest BCUT2D eigenvalue weighted by atomic mass is 16.2. The Balaban J connectivity index is 4.99. The molecule has 0 rings (SSSR count). The second kappa shape index (κ2) is 16.2. The lowest BCUT2D eigenvalue weighted by molar-refractivity contribution is -0.126. The van der Waals surface area contributed by atoms with E-state index in [1.807, 2.05) is 0 Å². The Hall–Kier alpha value is -2.42. The van der Waals surface area contributed by atoms with E-state index in [1.165, 1.54) is 27.7 Å². The Morgan fingerprint density at radius 3 is 1.22 bits per heavy atom. The molecule has 0 aliphatic heterocycles. The van der Waals surface area contributed by atoms with Crippen LogP contribution in [0.1, 0.15) is 85.5 Å². The highest BCUT2D eigenvalue weighted by Crippen LogP contribution is 2.09. The lowest BCUT2D eigenvalue weighted by Gasteiger charge is -2.22. The average molecular weight is 454 g/mol. The molecule has 2 amide bonds. The molecular weight excluding hydrogens is 414 g/mol. The first kappa shape index (κ1) is 29.6. The van der Waals surface area contributed by atoms with Crippen molar-refractivity contribution < 1.29 is 28.8 Å². The van der Waals surface area contributed by atoms with Crippen LogP contribution in [-0.2, 0) is 28.8 Å². The van der Waals surface area contributed by atoms with Gasteiger partial charge >= 0.3 is 0 Å². The first-order chi connectivity index (χ1) is 14.9. The van der Waals surface area contributed by atoms with E-state index in [0.717, 1.165) is 0 Å². The summed E-state index contributed by atoms with van der Waals surface area (Å²) in [5.41, 5.74) is 0. The third-order valence-corrected chi connectivity index (χ3v) is 5.07. The lowest BCUT2D eigenvalue weighted by Crippen LogP contribution is -2.44. The number of Topliss-reactive ketones (excluding diaryl/α,β-unsaturated/α-hetero) is 4. The molecule has 0 aliphatic rings. The summed E-state index contributed by atoms with van der Waals surface area (Å²) in [6, 6.07) is -1.16. The quantitative estimate of drug-likeness (QED) is 0.285. The molecule has 0 aromatic carbocycles. The van der Waals surface area contributed by atoms with Gasteiger partial charge in [0, 0.05) is 56.7 Å². The summed E-state index contributed by atoms with van der Waals surface area (Å²) in [6.07, 6.45) is 2.30. The van der Waals surface area contributed by atoms with Crippen LogP contribution in [0.4, 0.5) is 0 Å². The topological polar surface area (TPSA) is 139 Å². The molecule has 32 heavy (non-hydrogen) atoms. The molecule has 0 aromatic heterocycles. The summed E-state index contributed by atoms with van der Waals surface area (Å²) in [5, 5.41) is 8.62. The molecule has 0 aliphatic carbocycles. The van der Waals surface area contributed by atoms with E-state index in [-0.39, 0.29) is 73.1 Å². The number of nitrogens with one attached hydrogen (secondary N) is 3. The molecule has 0 heterocycles. The SMILES string of the molecule is CNC(CCC(C)=O)CC(=O)NC(CCC(C)=O)CC(=O)NC(CCC(C)=O)CC(C)=O. The molecular formula is C23H39N3O6. The molecule has 182 valence electrons. The Morgan fingerprint density at radius 1 is 0.531 bits per heavy atom. The Bertz CT molecular complexity index is 677. The minimum atomic E-state index is -0.539. The highest BCUT2D eigenvalue weighted by Gasteiger charge is 2.22. The van der Waals surface area contributed by atoms with Crippen LogP contribution in [0, 0.1) is 0 Å². The van der Waals surface area contributed by atoms with Gasteiger partial charge in [-0.05, 0) is 54.0 Å².